The molecule has 0 bridgehead atoms. The van der Waals surface area contributed by atoms with E-state index in [1.165, 1.54) is 16.2 Å². The third kappa shape index (κ3) is 2.55. The summed E-state index contributed by atoms with van der Waals surface area (Å²) < 4.78 is 5.42. The van der Waals surface area contributed by atoms with Crippen LogP contribution in [0.25, 0.3) is 11.3 Å². The number of aromatic nitrogens is 1. The highest BCUT2D eigenvalue weighted by Crippen LogP contribution is 2.26. The highest BCUT2D eigenvalue weighted by Gasteiger charge is 2.43. The van der Waals surface area contributed by atoms with Gasteiger partial charge in [0.25, 0.3) is 11.8 Å². The summed E-state index contributed by atoms with van der Waals surface area (Å²) in [6.07, 6.45) is 1.24. The molecule has 2 aliphatic rings. The number of oxazole rings is 1. The molecule has 1 N–H and O–H groups in total. The fourth-order valence-electron chi connectivity index (χ4n) is 3.15. The van der Waals surface area contributed by atoms with Gasteiger partial charge in [0.2, 0.25) is 0 Å². The molecule has 2 saturated heterocycles. The van der Waals surface area contributed by atoms with Crippen molar-refractivity contribution in [2.75, 3.05) is 19.6 Å². The van der Waals surface area contributed by atoms with E-state index < -0.39 is 12.1 Å². The molecule has 128 valence electrons. The van der Waals surface area contributed by atoms with Crippen LogP contribution in [0.2, 0.25) is 0 Å². The Kier molecular flexibility index (Phi) is 3.52. The van der Waals surface area contributed by atoms with Crippen molar-refractivity contribution >= 4 is 17.8 Å². The second kappa shape index (κ2) is 5.73. The van der Waals surface area contributed by atoms with Crippen LogP contribution in [0.15, 0.2) is 35.1 Å². The topological polar surface area (TPSA) is 95.8 Å². The van der Waals surface area contributed by atoms with Gasteiger partial charge in [-0.05, 0) is 6.92 Å². The molecule has 1 aromatic heterocycles. The molecule has 4 rings (SSSR count). The highest BCUT2D eigenvalue weighted by molar-refractivity contribution is 6.05. The van der Waals surface area contributed by atoms with Crippen LogP contribution in [0.4, 0.5) is 4.79 Å². The summed E-state index contributed by atoms with van der Waals surface area (Å²) in [5.74, 6) is -0.281. The van der Waals surface area contributed by atoms with Crippen molar-refractivity contribution in [2.24, 2.45) is 0 Å². The zero-order valence-electron chi connectivity index (χ0n) is 13.6. The number of nitrogens with zero attached hydrogens (tertiary/aromatic N) is 3. The normalized spacial score (nSPS) is 19.8. The minimum Gasteiger partial charge on any atom is -0.443 e. The Hall–Kier alpha value is -3.16. The molecule has 8 heteroatoms. The maximum Gasteiger partial charge on any atom is 0.324 e. The van der Waals surface area contributed by atoms with E-state index in [4.69, 9.17) is 4.42 Å². The number of rotatable bonds is 2. The minimum atomic E-state index is -0.639. The van der Waals surface area contributed by atoms with Crippen LogP contribution in [-0.4, -0.2) is 58.3 Å². The van der Waals surface area contributed by atoms with E-state index in [1.807, 2.05) is 31.2 Å². The van der Waals surface area contributed by atoms with Crippen LogP contribution in [0.1, 0.15) is 16.1 Å². The lowest BCUT2D eigenvalue weighted by Crippen LogP contribution is -2.54. The Balaban J connectivity index is 1.58. The van der Waals surface area contributed by atoms with Gasteiger partial charge in [-0.25, -0.2) is 9.78 Å². The van der Waals surface area contributed by atoms with E-state index in [-0.39, 0.29) is 24.1 Å². The number of amides is 4. The molecule has 8 nitrogen and oxygen atoms in total. The SMILES string of the molecule is Cc1ccc(-c2ocnc2C(=O)N2CCN3C(=O)NC(=O)C3C2)cc1. The first-order chi connectivity index (χ1) is 12.0. The average molecular weight is 340 g/mol. The molecule has 25 heavy (non-hydrogen) atoms. The third-order valence-electron chi connectivity index (χ3n) is 4.54. The second-order valence-corrected chi connectivity index (χ2v) is 6.15. The minimum absolute atomic E-state index is 0.149. The molecule has 4 amide bonds. The van der Waals surface area contributed by atoms with Gasteiger partial charge in [0.05, 0.1) is 6.54 Å². The van der Waals surface area contributed by atoms with Gasteiger partial charge in [-0.15, -0.1) is 0 Å². The van der Waals surface area contributed by atoms with E-state index in [0.29, 0.717) is 18.8 Å². The van der Waals surface area contributed by atoms with Gasteiger partial charge in [0.1, 0.15) is 6.04 Å². The fraction of sp³-hybridized carbons (Fsp3) is 0.294. The Morgan fingerprint density at radius 3 is 2.76 bits per heavy atom. The Bertz CT molecular complexity index is 858. The van der Waals surface area contributed by atoms with Crippen molar-refractivity contribution in [1.82, 2.24) is 20.1 Å². The molecule has 0 saturated carbocycles. The summed E-state index contributed by atoms with van der Waals surface area (Å²) in [5.41, 5.74) is 2.07. The largest absolute Gasteiger partial charge is 0.443 e. The number of fused-ring (bicyclic) bond motifs is 1. The van der Waals surface area contributed by atoms with E-state index >= 15 is 0 Å². The van der Waals surface area contributed by atoms with Crippen molar-refractivity contribution in [1.29, 1.82) is 0 Å². The standard InChI is InChI=1S/C17H16N4O4/c1-10-2-4-11(5-3-10)14-13(18-9-25-14)16(23)20-6-7-21-12(8-20)15(22)19-17(21)24/h2-5,9,12H,6-8H2,1H3,(H,19,22,24). The maximum absolute atomic E-state index is 12.9. The number of aryl methyl sites for hydroxylation is 1. The van der Waals surface area contributed by atoms with Crippen molar-refractivity contribution < 1.29 is 18.8 Å². The zero-order chi connectivity index (χ0) is 17.6. The monoisotopic (exact) mass is 340 g/mol. The summed E-state index contributed by atoms with van der Waals surface area (Å²) in [6.45, 7) is 2.78. The second-order valence-electron chi connectivity index (χ2n) is 6.15. The Morgan fingerprint density at radius 1 is 1.24 bits per heavy atom. The van der Waals surface area contributed by atoms with Crippen LogP contribution in [0.3, 0.4) is 0 Å². The van der Waals surface area contributed by atoms with Crippen molar-refractivity contribution in [2.45, 2.75) is 13.0 Å². The van der Waals surface area contributed by atoms with Crippen molar-refractivity contribution in [3.63, 3.8) is 0 Å². The molecule has 0 aliphatic carbocycles. The molecule has 2 aliphatic heterocycles. The van der Waals surface area contributed by atoms with Gasteiger partial charge in [-0.2, -0.15) is 0 Å². The lowest BCUT2D eigenvalue weighted by atomic mass is 10.1. The number of carbonyl (C=O) groups is 3. The summed E-state index contributed by atoms with van der Waals surface area (Å²) in [5, 5.41) is 2.27. The molecular weight excluding hydrogens is 324 g/mol. The van der Waals surface area contributed by atoms with Crippen LogP contribution in [-0.2, 0) is 4.79 Å². The van der Waals surface area contributed by atoms with Crippen LogP contribution in [0, 0.1) is 6.92 Å². The lowest BCUT2D eigenvalue weighted by Gasteiger charge is -2.35. The summed E-state index contributed by atoms with van der Waals surface area (Å²) in [7, 11) is 0. The van der Waals surface area contributed by atoms with Crippen LogP contribution >= 0.6 is 0 Å². The number of nitrogens with one attached hydrogen (secondary N) is 1. The Labute approximate surface area is 143 Å². The lowest BCUT2D eigenvalue weighted by molar-refractivity contribution is -0.122. The third-order valence-corrected chi connectivity index (χ3v) is 4.54. The molecule has 1 unspecified atom stereocenters. The van der Waals surface area contributed by atoms with E-state index in [1.54, 1.807) is 0 Å². The Morgan fingerprint density at radius 2 is 2.00 bits per heavy atom. The van der Waals surface area contributed by atoms with Crippen LogP contribution in [0.5, 0.6) is 0 Å². The molecule has 2 fully saturated rings. The number of carbonyl (C=O) groups excluding carboxylic acids is 3. The first kappa shape index (κ1) is 15.4. The number of piperazine rings is 1. The van der Waals surface area contributed by atoms with Crippen molar-refractivity contribution in [3.8, 4) is 11.3 Å². The van der Waals surface area contributed by atoms with Gasteiger partial charge in [0, 0.05) is 18.7 Å². The summed E-state index contributed by atoms with van der Waals surface area (Å²) >= 11 is 0. The number of urea groups is 1. The molecule has 1 atom stereocenters. The number of hydrogen-bond acceptors (Lipinski definition) is 5. The quantitative estimate of drug-likeness (QED) is 0.824. The summed E-state index contributed by atoms with van der Waals surface area (Å²) in [6, 6.07) is 6.56. The smallest absolute Gasteiger partial charge is 0.324 e. The molecular formula is C17H16N4O4. The van der Waals surface area contributed by atoms with Gasteiger partial charge < -0.3 is 14.2 Å². The van der Waals surface area contributed by atoms with Gasteiger partial charge >= 0.3 is 6.03 Å². The molecule has 2 aromatic rings. The first-order valence-corrected chi connectivity index (χ1v) is 7.96. The highest BCUT2D eigenvalue weighted by atomic mass is 16.3. The van der Waals surface area contributed by atoms with E-state index in [0.717, 1.165) is 11.1 Å². The van der Waals surface area contributed by atoms with Crippen LogP contribution < -0.4 is 5.32 Å². The predicted octanol–water partition coefficient (Wildman–Crippen LogP) is 1.03. The van der Waals surface area contributed by atoms with Gasteiger partial charge in [-0.3, -0.25) is 14.9 Å². The maximum atomic E-state index is 12.9. The zero-order valence-corrected chi connectivity index (χ0v) is 13.6. The number of imide groups is 1. The first-order valence-electron chi connectivity index (χ1n) is 7.96. The molecule has 0 radical (unpaired) electrons. The number of hydrogen-bond donors (Lipinski definition) is 1. The summed E-state index contributed by atoms with van der Waals surface area (Å²) in [4.78, 5) is 43.4. The van der Waals surface area contributed by atoms with Gasteiger partial charge in [-0.1, -0.05) is 29.8 Å². The number of benzene rings is 1. The fourth-order valence-corrected chi connectivity index (χ4v) is 3.15. The molecule has 1 aromatic carbocycles. The van der Waals surface area contributed by atoms with E-state index in [2.05, 4.69) is 10.3 Å². The molecule has 0 spiro atoms. The van der Waals surface area contributed by atoms with Gasteiger partial charge in [0.15, 0.2) is 17.8 Å². The average Bonchev–Trinajstić information content (AvgIpc) is 3.20. The molecule has 3 heterocycles. The van der Waals surface area contributed by atoms with Crippen molar-refractivity contribution in [3.05, 3.63) is 41.9 Å². The predicted molar refractivity (Wildman–Crippen MR) is 86.6 cm³/mol. The van der Waals surface area contributed by atoms with E-state index in [9.17, 15) is 14.4 Å².